The molecule has 532 valence electrons. The van der Waals surface area contributed by atoms with Gasteiger partial charge >= 0.3 is 0 Å². The maximum atomic E-state index is 9.00. The van der Waals surface area contributed by atoms with Crippen molar-refractivity contribution >= 4 is 90.8 Å². The topological polar surface area (TPSA) is 335 Å². The van der Waals surface area contributed by atoms with Crippen LogP contribution in [0.15, 0.2) is 130 Å². The zero-order valence-corrected chi connectivity index (χ0v) is 59.2. The number of hydrogen-bond donors (Lipinski definition) is 2. The predicted octanol–water partition coefficient (Wildman–Crippen LogP) is 13.2. The number of fused-ring (bicyclic) bond motifs is 4. The van der Waals surface area contributed by atoms with E-state index in [0.29, 0.717) is 6.10 Å². The third-order valence-corrected chi connectivity index (χ3v) is 16.5. The summed E-state index contributed by atoms with van der Waals surface area (Å²) in [6.07, 6.45) is 43.8. The average molecular weight is 1560 g/mol. The first kappa shape index (κ1) is 76.6. The number of nitrogens with zero attached hydrogens (tertiary/aromatic N) is 16. The predicted molar refractivity (Wildman–Crippen MR) is 361 cm³/mol. The number of hydrogen-bond acceptors (Lipinski definition) is 22. The van der Waals surface area contributed by atoms with Crippen molar-refractivity contribution in [2.75, 3.05) is 33.0 Å². The van der Waals surface area contributed by atoms with Gasteiger partial charge in [0.15, 0.2) is 27.3 Å². The van der Waals surface area contributed by atoms with Crippen molar-refractivity contribution in [1.82, 2.24) is 78.1 Å². The van der Waals surface area contributed by atoms with Crippen molar-refractivity contribution in [3.05, 3.63) is 151 Å². The molecule has 5 aliphatic rings. The number of imidazole rings is 4. The zero-order chi connectivity index (χ0) is 67.6. The molecule has 0 saturated carbocycles. The molecule has 16 heterocycles. The van der Waals surface area contributed by atoms with Gasteiger partial charge in [-0.1, -0.05) is 6.58 Å². The molecule has 5 aliphatic heterocycles. The van der Waals surface area contributed by atoms with Crippen LogP contribution in [0.5, 0.6) is 0 Å². The first-order valence-electron chi connectivity index (χ1n) is 32.7. The molecule has 0 aromatic carbocycles. The van der Waals surface area contributed by atoms with Gasteiger partial charge in [-0.15, -0.1) is 0 Å². The molecule has 0 amide bonds. The number of aromatic nitrogens is 16. The van der Waals surface area contributed by atoms with Crippen LogP contribution in [0.1, 0.15) is 169 Å². The second kappa shape index (κ2) is 40.2. The van der Waals surface area contributed by atoms with Gasteiger partial charge in [-0.05, 0) is 180 Å². The number of carbonyl (C=O) groups is 2. The van der Waals surface area contributed by atoms with Crippen molar-refractivity contribution in [3.63, 3.8) is 0 Å². The van der Waals surface area contributed by atoms with Crippen molar-refractivity contribution < 1.29 is 93.7 Å². The maximum absolute atomic E-state index is 9.00. The number of aliphatic carboxylic acids is 2. The van der Waals surface area contributed by atoms with Crippen molar-refractivity contribution in [1.29, 1.82) is 0 Å². The molecule has 5 unspecified atom stereocenters. The summed E-state index contributed by atoms with van der Waals surface area (Å²) in [7, 11) is 0. The Balaban J connectivity index is 0.000000157. The third-order valence-electron chi connectivity index (χ3n) is 16.1. The molecular formula is C68H81BrN16NiO12Pd. The van der Waals surface area contributed by atoms with E-state index in [1.54, 1.807) is 62.8 Å². The monoisotopic (exact) mass is 1560 g/mol. The molecule has 0 spiro atoms. The van der Waals surface area contributed by atoms with Gasteiger partial charge in [0.2, 0.25) is 0 Å². The second-order valence-electron chi connectivity index (χ2n) is 23.0. The minimum absolute atomic E-state index is 0. The molecule has 2 N–H and O–H groups in total. The summed E-state index contributed by atoms with van der Waals surface area (Å²) in [6.45, 7) is 10.0. The number of carboxylic acid groups (broad SMARTS) is 2. The summed E-state index contributed by atoms with van der Waals surface area (Å²) < 4.78 is 53.2. The molecule has 0 radical (unpaired) electrons. The number of furan rings is 3. The first-order valence-corrected chi connectivity index (χ1v) is 33.5. The smallest absolute Gasteiger partial charge is 0.300 e. The van der Waals surface area contributed by atoms with Crippen LogP contribution in [-0.4, -0.2) is 139 Å². The van der Waals surface area contributed by atoms with Crippen LogP contribution in [0.25, 0.3) is 62.9 Å². The molecule has 0 aliphatic carbocycles. The fraction of sp³-hybridized carbons (Fsp3) is 0.441. The molecule has 5 atom stereocenters. The first-order chi connectivity index (χ1) is 47.5. The number of ether oxygens (including phenoxy) is 5. The Morgan fingerprint density at radius 3 is 1.29 bits per heavy atom. The van der Waals surface area contributed by atoms with Gasteiger partial charge in [0, 0.05) is 90.2 Å². The average Bonchev–Trinajstić information content (AvgIpc) is 1.69. The SMILES string of the molecule is Brc1ccco1.C(=C\c1ncnc2c1ncn2C1CCCCO1)/c1ccco1.C=Cc1ncnc2c1ncn2C1CCCCO1.CC(=O)O.CC(=O)O.[Ni].[Pd].c1coc(CCc2ncnc3c2ncn3C2CCCCO2)c1.c1nc(CCC2CCCO2)c2ncn(C3CCCCO3)c2n1. The molecule has 11 aromatic rings. The van der Waals surface area contributed by atoms with E-state index >= 15 is 0 Å². The van der Waals surface area contributed by atoms with Crippen molar-refractivity contribution in [2.45, 2.75) is 160 Å². The number of rotatable bonds is 13. The van der Waals surface area contributed by atoms with Crippen LogP contribution in [-0.2, 0) is 89.5 Å². The largest absolute Gasteiger partial charge is 0.481 e. The summed E-state index contributed by atoms with van der Waals surface area (Å²) in [6, 6.07) is 11.3. The Bertz CT molecular complexity index is 4180. The van der Waals surface area contributed by atoms with E-state index in [0.717, 1.165) is 208 Å². The summed E-state index contributed by atoms with van der Waals surface area (Å²) in [5.41, 5.74) is 10.2. The van der Waals surface area contributed by atoms with E-state index in [2.05, 4.69) is 86.9 Å². The van der Waals surface area contributed by atoms with Crippen LogP contribution >= 0.6 is 15.9 Å². The third kappa shape index (κ3) is 22.2. The fourth-order valence-corrected chi connectivity index (χ4v) is 11.7. The van der Waals surface area contributed by atoms with Crippen LogP contribution in [0.3, 0.4) is 0 Å². The van der Waals surface area contributed by atoms with E-state index in [4.69, 9.17) is 56.7 Å². The van der Waals surface area contributed by atoms with E-state index in [-0.39, 0.29) is 61.8 Å². The van der Waals surface area contributed by atoms with Gasteiger partial charge in [-0.3, -0.25) is 27.9 Å². The van der Waals surface area contributed by atoms with Crippen LogP contribution in [0.4, 0.5) is 0 Å². The van der Waals surface area contributed by atoms with Gasteiger partial charge < -0.3 is 47.1 Å². The molecule has 99 heavy (non-hydrogen) atoms. The van der Waals surface area contributed by atoms with E-state index in [9.17, 15) is 0 Å². The molecule has 5 saturated heterocycles. The molecule has 31 heteroatoms. The van der Waals surface area contributed by atoms with Gasteiger partial charge in [-0.2, -0.15) is 0 Å². The number of carboxylic acids is 2. The van der Waals surface area contributed by atoms with E-state index < -0.39 is 11.9 Å². The van der Waals surface area contributed by atoms with Crippen LogP contribution in [0.2, 0.25) is 0 Å². The Morgan fingerprint density at radius 2 is 0.899 bits per heavy atom. The Labute approximate surface area is 603 Å². The van der Waals surface area contributed by atoms with Gasteiger partial charge in [0.1, 0.15) is 83.8 Å². The number of aryl methyl sites for hydroxylation is 3. The van der Waals surface area contributed by atoms with Gasteiger partial charge in [-0.25, -0.2) is 59.8 Å². The maximum Gasteiger partial charge on any atom is 0.300 e. The quantitative estimate of drug-likeness (QED) is 0.101. The van der Waals surface area contributed by atoms with Gasteiger partial charge in [0.25, 0.3) is 11.9 Å². The van der Waals surface area contributed by atoms with Crippen molar-refractivity contribution in [3.8, 4) is 0 Å². The second-order valence-corrected chi connectivity index (χ2v) is 23.8. The molecule has 5 fully saturated rings. The van der Waals surface area contributed by atoms with Crippen molar-refractivity contribution in [2.24, 2.45) is 0 Å². The van der Waals surface area contributed by atoms with E-state index in [1.807, 2.05) is 74.9 Å². The summed E-state index contributed by atoms with van der Waals surface area (Å²) in [5.74, 6) is 0.0728. The fourth-order valence-electron chi connectivity index (χ4n) is 11.5. The summed E-state index contributed by atoms with van der Waals surface area (Å²) >= 11 is 3.11. The molecular weight excluding hydrogens is 1480 g/mol. The van der Waals surface area contributed by atoms with E-state index in [1.165, 1.54) is 38.5 Å². The minimum atomic E-state index is -0.833. The molecule has 16 rings (SSSR count). The Hall–Kier alpha value is -8.10. The normalized spacial score (nSPS) is 18.8. The number of halogens is 1. The van der Waals surface area contributed by atoms with Crippen LogP contribution in [0, 0.1) is 0 Å². The zero-order valence-electron chi connectivity index (χ0n) is 55.0. The Morgan fingerprint density at radius 1 is 0.485 bits per heavy atom. The standard InChI is InChI=1S/C16H22N4O2.C16H18N4O2.C16H16N4O2.C12H14N4O.C4H3BrO.2C2H4O2.Ni.Pd/c3*1-2-8-22-14(5-1)20-11-19-15-13(17-10-18-16(15)20)7-6-12-4-3-9-21-12;1-2-9-11-12(14-7-13-9)16(8-15-11)10-5-3-4-6-17-10;5-4-2-1-3-6-4;2*1-2(3)4;;/h10-12,14H,1-9H2;3-4,9-11,14H,1-2,5-8H2;3-4,6-7,9-11,14H,1-2,5,8H2;2,7-8,10H,1,3-6H2;1-3H;2*1H3,(H,3,4);;/b;;7-6+;;;;;;. The minimum Gasteiger partial charge on any atom is -0.481 e. The summed E-state index contributed by atoms with van der Waals surface area (Å²) in [5, 5.41) is 14.8. The van der Waals surface area contributed by atoms with Crippen LogP contribution < -0.4 is 0 Å². The summed E-state index contributed by atoms with van der Waals surface area (Å²) in [4.78, 5) is 70.7. The molecule has 28 nitrogen and oxygen atoms in total. The molecule has 0 bridgehead atoms. The molecule has 11 aromatic heterocycles. The Kier molecular flexibility index (Phi) is 31.1. The van der Waals surface area contributed by atoms with Gasteiger partial charge in [0.05, 0.1) is 73.0 Å².